The number of nitrogens with one attached hydrogen (secondary N) is 1. The van der Waals surface area contributed by atoms with E-state index in [1.54, 1.807) is 10.4 Å². The lowest BCUT2D eigenvalue weighted by Gasteiger charge is -2.24. The summed E-state index contributed by atoms with van der Waals surface area (Å²) in [5.74, 6) is 0.744. The van der Waals surface area contributed by atoms with Crippen molar-refractivity contribution in [3.8, 4) is 0 Å². The molecule has 0 spiro atoms. The first-order valence-corrected chi connectivity index (χ1v) is 7.58. The lowest BCUT2D eigenvalue weighted by molar-refractivity contribution is 0.429. The highest BCUT2D eigenvalue weighted by atomic mass is 127. The van der Waals surface area contributed by atoms with Crippen molar-refractivity contribution in [1.29, 1.82) is 0 Å². The number of halogens is 1. The summed E-state index contributed by atoms with van der Waals surface area (Å²) >= 11 is 4.42. The third-order valence-electron chi connectivity index (χ3n) is 2.86. The minimum atomic E-state index is 0.621. The maximum Gasteiger partial charge on any atom is 0.0659 e. The number of fused-ring (bicyclic) bond motifs is 1. The van der Waals surface area contributed by atoms with Gasteiger partial charge in [0.2, 0.25) is 0 Å². The minimum Gasteiger partial charge on any atom is -0.310 e. The van der Waals surface area contributed by atoms with Gasteiger partial charge >= 0.3 is 0 Å². The SMILES string of the molecule is CC(C)CNC1CCCc2sc(I)cc21. The summed E-state index contributed by atoms with van der Waals surface area (Å²) in [5, 5.41) is 3.69. The Kier molecular flexibility index (Phi) is 4.07. The van der Waals surface area contributed by atoms with Gasteiger partial charge in [-0.2, -0.15) is 0 Å². The summed E-state index contributed by atoms with van der Waals surface area (Å²) in [5.41, 5.74) is 1.58. The third-order valence-corrected chi connectivity index (χ3v) is 4.83. The average Bonchev–Trinajstić information content (AvgIpc) is 2.55. The number of hydrogen-bond donors (Lipinski definition) is 1. The Morgan fingerprint density at radius 2 is 2.40 bits per heavy atom. The van der Waals surface area contributed by atoms with E-state index in [1.807, 2.05) is 11.3 Å². The Morgan fingerprint density at radius 3 is 3.13 bits per heavy atom. The molecule has 0 amide bonds. The van der Waals surface area contributed by atoms with Crippen LogP contribution in [0.5, 0.6) is 0 Å². The number of thiophene rings is 1. The van der Waals surface area contributed by atoms with E-state index in [4.69, 9.17) is 0 Å². The van der Waals surface area contributed by atoms with Crippen LogP contribution in [-0.2, 0) is 6.42 Å². The molecule has 0 aromatic carbocycles. The fourth-order valence-corrected chi connectivity index (χ4v) is 4.23. The molecule has 0 saturated carbocycles. The van der Waals surface area contributed by atoms with Crippen molar-refractivity contribution in [3.63, 3.8) is 0 Å². The Balaban J connectivity index is 2.08. The highest BCUT2D eigenvalue weighted by molar-refractivity contribution is 14.1. The second-order valence-corrected chi connectivity index (χ2v) is 7.71. The summed E-state index contributed by atoms with van der Waals surface area (Å²) < 4.78 is 1.44. The zero-order valence-corrected chi connectivity index (χ0v) is 12.3. The summed E-state index contributed by atoms with van der Waals surface area (Å²) in [4.78, 5) is 1.62. The van der Waals surface area contributed by atoms with E-state index in [0.717, 1.165) is 12.5 Å². The quantitative estimate of drug-likeness (QED) is 0.824. The van der Waals surface area contributed by atoms with Crippen LogP contribution in [0.4, 0.5) is 0 Å². The molecule has 1 heterocycles. The first kappa shape index (κ1) is 11.9. The van der Waals surface area contributed by atoms with E-state index in [-0.39, 0.29) is 0 Å². The molecule has 84 valence electrons. The van der Waals surface area contributed by atoms with E-state index < -0.39 is 0 Å². The van der Waals surface area contributed by atoms with E-state index in [1.165, 1.54) is 22.1 Å². The molecule has 1 unspecified atom stereocenters. The van der Waals surface area contributed by atoms with Crippen molar-refractivity contribution in [3.05, 3.63) is 19.4 Å². The molecule has 15 heavy (non-hydrogen) atoms. The molecular formula is C12H18INS. The first-order chi connectivity index (χ1) is 7.16. The van der Waals surface area contributed by atoms with Crippen LogP contribution in [0.15, 0.2) is 6.07 Å². The van der Waals surface area contributed by atoms with E-state index in [2.05, 4.69) is 47.8 Å². The molecular weight excluding hydrogens is 317 g/mol. The Hall–Kier alpha value is 0.390. The van der Waals surface area contributed by atoms with Gasteiger partial charge in [0.25, 0.3) is 0 Å². The zero-order valence-electron chi connectivity index (χ0n) is 9.35. The highest BCUT2D eigenvalue weighted by Crippen LogP contribution is 2.36. The van der Waals surface area contributed by atoms with Gasteiger partial charge in [0.05, 0.1) is 2.88 Å². The summed E-state index contributed by atoms with van der Waals surface area (Å²) in [6.45, 7) is 5.68. The molecule has 2 rings (SSSR count). The van der Waals surface area contributed by atoms with E-state index in [9.17, 15) is 0 Å². The van der Waals surface area contributed by atoms with Crippen LogP contribution in [-0.4, -0.2) is 6.54 Å². The highest BCUT2D eigenvalue weighted by Gasteiger charge is 2.22. The van der Waals surface area contributed by atoms with Crippen molar-refractivity contribution >= 4 is 33.9 Å². The molecule has 1 atom stereocenters. The molecule has 0 radical (unpaired) electrons. The second kappa shape index (κ2) is 5.15. The van der Waals surface area contributed by atoms with Gasteiger partial charge in [-0.1, -0.05) is 13.8 Å². The maximum absolute atomic E-state index is 3.69. The smallest absolute Gasteiger partial charge is 0.0659 e. The van der Waals surface area contributed by atoms with Gasteiger partial charge in [0.15, 0.2) is 0 Å². The van der Waals surface area contributed by atoms with Gasteiger partial charge in [0, 0.05) is 10.9 Å². The molecule has 0 saturated heterocycles. The van der Waals surface area contributed by atoms with Crippen LogP contribution >= 0.6 is 33.9 Å². The molecule has 1 aromatic heterocycles. The largest absolute Gasteiger partial charge is 0.310 e. The van der Waals surface area contributed by atoms with Gasteiger partial charge in [-0.3, -0.25) is 0 Å². The molecule has 1 N–H and O–H groups in total. The standard InChI is InChI=1S/C12H18INS/c1-8(2)7-14-10-4-3-5-11-9(10)6-12(13)15-11/h6,8,10,14H,3-5,7H2,1-2H3. The summed E-state index contributed by atoms with van der Waals surface area (Å²) in [6, 6.07) is 2.99. The number of rotatable bonds is 3. The van der Waals surface area contributed by atoms with Crippen LogP contribution in [0.2, 0.25) is 0 Å². The van der Waals surface area contributed by atoms with Crippen LogP contribution < -0.4 is 5.32 Å². The molecule has 3 heteroatoms. The minimum absolute atomic E-state index is 0.621. The molecule has 1 aliphatic carbocycles. The second-order valence-electron chi connectivity index (χ2n) is 4.68. The lowest BCUT2D eigenvalue weighted by Crippen LogP contribution is -2.27. The van der Waals surface area contributed by atoms with Gasteiger partial charge in [-0.05, 0) is 65.9 Å². The van der Waals surface area contributed by atoms with Crippen LogP contribution in [0.3, 0.4) is 0 Å². The van der Waals surface area contributed by atoms with Crippen molar-refractivity contribution in [1.82, 2.24) is 5.32 Å². The van der Waals surface area contributed by atoms with Gasteiger partial charge < -0.3 is 5.32 Å². The van der Waals surface area contributed by atoms with Crippen molar-refractivity contribution in [2.24, 2.45) is 5.92 Å². The normalized spacial score (nSPS) is 20.7. The van der Waals surface area contributed by atoms with E-state index >= 15 is 0 Å². The van der Waals surface area contributed by atoms with Gasteiger partial charge in [0.1, 0.15) is 0 Å². The molecule has 1 aliphatic rings. The topological polar surface area (TPSA) is 12.0 Å². The predicted octanol–water partition coefficient (Wildman–Crippen LogP) is 3.98. The van der Waals surface area contributed by atoms with Gasteiger partial charge in [-0.15, -0.1) is 11.3 Å². The molecule has 0 aliphatic heterocycles. The zero-order chi connectivity index (χ0) is 10.8. The summed E-state index contributed by atoms with van der Waals surface area (Å²) in [7, 11) is 0. The molecule has 0 bridgehead atoms. The Bertz CT molecular complexity index is 332. The average molecular weight is 335 g/mol. The van der Waals surface area contributed by atoms with Crippen LogP contribution in [0.25, 0.3) is 0 Å². The van der Waals surface area contributed by atoms with E-state index in [0.29, 0.717) is 6.04 Å². The van der Waals surface area contributed by atoms with Crippen molar-refractivity contribution in [2.45, 2.75) is 39.2 Å². The lowest BCUT2D eigenvalue weighted by atomic mass is 9.94. The number of hydrogen-bond acceptors (Lipinski definition) is 2. The summed E-state index contributed by atoms with van der Waals surface area (Å²) in [6.07, 6.45) is 3.95. The monoisotopic (exact) mass is 335 g/mol. The molecule has 0 fully saturated rings. The predicted molar refractivity (Wildman–Crippen MR) is 75.6 cm³/mol. The van der Waals surface area contributed by atoms with Crippen molar-refractivity contribution < 1.29 is 0 Å². The first-order valence-electron chi connectivity index (χ1n) is 5.68. The maximum atomic E-state index is 3.69. The Morgan fingerprint density at radius 1 is 1.60 bits per heavy atom. The fourth-order valence-electron chi connectivity index (χ4n) is 2.11. The fraction of sp³-hybridized carbons (Fsp3) is 0.667. The van der Waals surface area contributed by atoms with Crippen LogP contribution in [0, 0.1) is 8.80 Å². The Labute approximate surface area is 110 Å². The third kappa shape index (κ3) is 2.94. The number of aryl methyl sites for hydroxylation is 1. The molecule has 1 aromatic rings. The van der Waals surface area contributed by atoms with Crippen molar-refractivity contribution in [2.75, 3.05) is 6.54 Å². The van der Waals surface area contributed by atoms with Gasteiger partial charge in [-0.25, -0.2) is 0 Å². The molecule has 1 nitrogen and oxygen atoms in total. The van der Waals surface area contributed by atoms with Crippen LogP contribution in [0.1, 0.15) is 43.2 Å².